The van der Waals surface area contributed by atoms with E-state index >= 15 is 0 Å². The van der Waals surface area contributed by atoms with Gasteiger partial charge in [-0.1, -0.05) is 15.9 Å². The molecule has 1 unspecified atom stereocenters. The maximum Gasteiger partial charge on any atom is 0.0460 e. The van der Waals surface area contributed by atoms with Gasteiger partial charge in [0.15, 0.2) is 0 Å². The van der Waals surface area contributed by atoms with E-state index in [4.69, 9.17) is 0 Å². The SMILES string of the molecule is CC1(C)CC(CO)CCN1c1ccc(Br)cc1. The Labute approximate surface area is 112 Å². The van der Waals surface area contributed by atoms with Crippen molar-refractivity contribution in [3.8, 4) is 0 Å². The fourth-order valence-corrected chi connectivity index (χ4v) is 3.05. The van der Waals surface area contributed by atoms with Gasteiger partial charge < -0.3 is 10.0 Å². The van der Waals surface area contributed by atoms with Crippen LogP contribution >= 0.6 is 15.9 Å². The molecule has 1 saturated heterocycles. The fraction of sp³-hybridized carbons (Fsp3) is 0.571. The van der Waals surface area contributed by atoms with E-state index in [1.54, 1.807) is 0 Å². The zero-order valence-electron chi connectivity index (χ0n) is 10.5. The van der Waals surface area contributed by atoms with Crippen LogP contribution in [0, 0.1) is 5.92 Å². The highest BCUT2D eigenvalue weighted by atomic mass is 79.9. The summed E-state index contributed by atoms with van der Waals surface area (Å²) in [5.41, 5.74) is 1.40. The molecular weight excluding hydrogens is 278 g/mol. The number of benzene rings is 1. The zero-order chi connectivity index (χ0) is 12.5. The largest absolute Gasteiger partial charge is 0.396 e. The molecule has 3 heteroatoms. The van der Waals surface area contributed by atoms with Crippen molar-refractivity contribution in [2.24, 2.45) is 5.92 Å². The summed E-state index contributed by atoms with van der Waals surface area (Å²) in [5, 5.41) is 9.29. The summed E-state index contributed by atoms with van der Waals surface area (Å²) in [5.74, 6) is 0.455. The molecule has 0 aromatic heterocycles. The Hall–Kier alpha value is -0.540. The maximum atomic E-state index is 9.29. The van der Waals surface area contributed by atoms with Crippen molar-refractivity contribution in [2.45, 2.75) is 32.2 Å². The van der Waals surface area contributed by atoms with Crippen molar-refractivity contribution < 1.29 is 5.11 Å². The zero-order valence-corrected chi connectivity index (χ0v) is 12.1. The first kappa shape index (κ1) is 12.9. The van der Waals surface area contributed by atoms with Gasteiger partial charge in [-0.05, 0) is 56.9 Å². The number of hydrogen-bond donors (Lipinski definition) is 1. The number of aliphatic hydroxyl groups is 1. The second-order valence-corrected chi connectivity index (χ2v) is 6.40. The third-order valence-electron chi connectivity index (χ3n) is 3.68. The van der Waals surface area contributed by atoms with Gasteiger partial charge in [-0.3, -0.25) is 0 Å². The number of nitrogens with zero attached hydrogens (tertiary/aromatic N) is 1. The average molecular weight is 298 g/mol. The Bertz CT molecular complexity index is 374. The van der Waals surface area contributed by atoms with Crippen molar-refractivity contribution in [3.05, 3.63) is 28.7 Å². The van der Waals surface area contributed by atoms with Gasteiger partial charge in [-0.25, -0.2) is 0 Å². The quantitative estimate of drug-likeness (QED) is 0.904. The van der Waals surface area contributed by atoms with Gasteiger partial charge >= 0.3 is 0 Å². The van der Waals surface area contributed by atoms with E-state index in [9.17, 15) is 5.11 Å². The standard InChI is InChI=1S/C14H20BrNO/c1-14(2)9-11(10-17)7-8-16(14)13-5-3-12(15)4-6-13/h3-6,11,17H,7-10H2,1-2H3. The van der Waals surface area contributed by atoms with E-state index in [0.29, 0.717) is 12.5 Å². The molecule has 1 heterocycles. The van der Waals surface area contributed by atoms with Crippen molar-refractivity contribution in [1.82, 2.24) is 0 Å². The van der Waals surface area contributed by atoms with Crippen molar-refractivity contribution in [2.75, 3.05) is 18.1 Å². The van der Waals surface area contributed by atoms with Gasteiger partial charge in [0.25, 0.3) is 0 Å². The second-order valence-electron chi connectivity index (χ2n) is 5.48. The maximum absolute atomic E-state index is 9.29. The number of aliphatic hydroxyl groups excluding tert-OH is 1. The van der Waals surface area contributed by atoms with Crippen LogP contribution in [0.5, 0.6) is 0 Å². The summed E-state index contributed by atoms with van der Waals surface area (Å²) in [6, 6.07) is 8.49. The summed E-state index contributed by atoms with van der Waals surface area (Å²) in [6.45, 7) is 5.87. The minimum atomic E-state index is 0.124. The van der Waals surface area contributed by atoms with Gasteiger partial charge in [0.05, 0.1) is 0 Å². The Morgan fingerprint density at radius 3 is 2.53 bits per heavy atom. The highest BCUT2D eigenvalue weighted by Crippen LogP contribution is 2.35. The molecule has 1 aliphatic heterocycles. The number of hydrogen-bond acceptors (Lipinski definition) is 2. The minimum absolute atomic E-state index is 0.124. The number of anilines is 1. The highest BCUT2D eigenvalue weighted by molar-refractivity contribution is 9.10. The predicted molar refractivity (Wildman–Crippen MR) is 75.4 cm³/mol. The topological polar surface area (TPSA) is 23.5 Å². The summed E-state index contributed by atoms with van der Waals surface area (Å²) < 4.78 is 1.12. The molecule has 1 N–H and O–H groups in total. The van der Waals surface area contributed by atoms with E-state index < -0.39 is 0 Å². The van der Waals surface area contributed by atoms with E-state index in [2.05, 4.69) is 58.9 Å². The predicted octanol–water partition coefficient (Wildman–Crippen LogP) is 3.44. The van der Waals surface area contributed by atoms with Crippen LogP contribution in [0.1, 0.15) is 26.7 Å². The fourth-order valence-electron chi connectivity index (χ4n) is 2.79. The van der Waals surface area contributed by atoms with E-state index in [-0.39, 0.29) is 5.54 Å². The second kappa shape index (κ2) is 4.99. The first-order valence-electron chi connectivity index (χ1n) is 6.17. The van der Waals surface area contributed by atoms with Gasteiger partial charge in [0.2, 0.25) is 0 Å². The monoisotopic (exact) mass is 297 g/mol. The van der Waals surface area contributed by atoms with Crippen molar-refractivity contribution in [1.29, 1.82) is 0 Å². The molecule has 1 atom stereocenters. The lowest BCUT2D eigenvalue weighted by atomic mass is 9.82. The molecule has 0 bridgehead atoms. The van der Waals surface area contributed by atoms with E-state index in [1.807, 2.05) is 0 Å². The normalized spacial score (nSPS) is 23.8. The van der Waals surface area contributed by atoms with Crippen molar-refractivity contribution in [3.63, 3.8) is 0 Å². The Balaban J connectivity index is 2.18. The third-order valence-corrected chi connectivity index (χ3v) is 4.21. The summed E-state index contributed by atoms with van der Waals surface area (Å²) >= 11 is 3.47. The first-order valence-corrected chi connectivity index (χ1v) is 6.96. The van der Waals surface area contributed by atoms with Gasteiger partial charge in [0.1, 0.15) is 0 Å². The summed E-state index contributed by atoms with van der Waals surface area (Å²) in [6.07, 6.45) is 2.13. The van der Waals surface area contributed by atoms with Crippen LogP contribution in [0.25, 0.3) is 0 Å². The molecule has 0 saturated carbocycles. The van der Waals surface area contributed by atoms with Gasteiger partial charge in [0, 0.05) is 28.9 Å². The molecule has 0 aliphatic carbocycles. The molecule has 1 aromatic carbocycles. The van der Waals surface area contributed by atoms with Crippen LogP contribution in [0.4, 0.5) is 5.69 Å². The lowest BCUT2D eigenvalue weighted by molar-refractivity contribution is 0.166. The first-order chi connectivity index (χ1) is 8.03. The average Bonchev–Trinajstić information content (AvgIpc) is 2.29. The number of piperidine rings is 1. The molecule has 2 rings (SSSR count). The van der Waals surface area contributed by atoms with Gasteiger partial charge in [-0.2, -0.15) is 0 Å². The molecule has 94 valence electrons. The molecule has 17 heavy (non-hydrogen) atoms. The molecule has 1 aliphatic rings. The molecule has 0 radical (unpaired) electrons. The minimum Gasteiger partial charge on any atom is -0.396 e. The molecule has 1 aromatic rings. The number of halogens is 1. The summed E-state index contributed by atoms with van der Waals surface area (Å²) in [4.78, 5) is 2.45. The number of rotatable bonds is 2. The van der Waals surface area contributed by atoms with E-state index in [1.165, 1.54) is 5.69 Å². The van der Waals surface area contributed by atoms with Crippen LogP contribution < -0.4 is 4.90 Å². The molecular formula is C14H20BrNO. The lowest BCUT2D eigenvalue weighted by Crippen LogP contribution is -2.50. The smallest absolute Gasteiger partial charge is 0.0460 e. The lowest BCUT2D eigenvalue weighted by Gasteiger charge is -2.47. The van der Waals surface area contributed by atoms with Crippen molar-refractivity contribution >= 4 is 21.6 Å². The van der Waals surface area contributed by atoms with Crippen LogP contribution in [-0.2, 0) is 0 Å². The Morgan fingerprint density at radius 2 is 2.00 bits per heavy atom. The van der Waals surface area contributed by atoms with Gasteiger partial charge in [-0.15, -0.1) is 0 Å². The molecule has 0 amide bonds. The Morgan fingerprint density at radius 1 is 1.35 bits per heavy atom. The Kier molecular flexibility index (Phi) is 3.79. The summed E-state index contributed by atoms with van der Waals surface area (Å²) in [7, 11) is 0. The van der Waals surface area contributed by atoms with Crippen LogP contribution in [0.15, 0.2) is 28.7 Å². The third kappa shape index (κ3) is 2.83. The van der Waals surface area contributed by atoms with Crippen LogP contribution in [0.2, 0.25) is 0 Å². The highest BCUT2D eigenvalue weighted by Gasteiger charge is 2.34. The molecule has 0 spiro atoms. The molecule has 1 fully saturated rings. The van der Waals surface area contributed by atoms with Crippen LogP contribution in [-0.4, -0.2) is 23.8 Å². The van der Waals surface area contributed by atoms with E-state index in [0.717, 1.165) is 23.9 Å². The molecule has 2 nitrogen and oxygen atoms in total. The van der Waals surface area contributed by atoms with Crippen LogP contribution in [0.3, 0.4) is 0 Å².